The summed E-state index contributed by atoms with van der Waals surface area (Å²) in [5, 5.41) is 0.614. The van der Waals surface area contributed by atoms with E-state index >= 15 is 0 Å². The highest BCUT2D eigenvalue weighted by molar-refractivity contribution is 6.50. The lowest BCUT2D eigenvalue weighted by molar-refractivity contribution is 0.299. The van der Waals surface area contributed by atoms with Gasteiger partial charge in [-0.3, -0.25) is 0 Å². The number of benzene rings is 1. The zero-order valence-electron chi connectivity index (χ0n) is 7.34. The molecule has 1 fully saturated rings. The van der Waals surface area contributed by atoms with Gasteiger partial charge in [-0.1, -0.05) is 23.7 Å². The first-order valence-corrected chi connectivity index (χ1v) is 5.48. The molecule has 0 bridgehead atoms. The van der Waals surface area contributed by atoms with Gasteiger partial charge >= 0.3 is 0 Å². The summed E-state index contributed by atoms with van der Waals surface area (Å²) in [5.41, 5.74) is 0. The van der Waals surface area contributed by atoms with Crippen LogP contribution in [0.3, 0.4) is 0 Å². The van der Waals surface area contributed by atoms with Crippen molar-refractivity contribution in [2.45, 2.75) is 10.8 Å². The Bertz CT molecular complexity index is 338. The number of ether oxygens (including phenoxy) is 1. The van der Waals surface area contributed by atoms with Crippen LogP contribution in [0.25, 0.3) is 0 Å². The fraction of sp³-hybridized carbons (Fsp3) is 0.400. The first-order valence-electron chi connectivity index (χ1n) is 4.35. The second-order valence-electron chi connectivity index (χ2n) is 3.40. The van der Waals surface area contributed by atoms with Crippen LogP contribution in [0, 0.1) is 5.92 Å². The van der Waals surface area contributed by atoms with E-state index in [-0.39, 0.29) is 5.92 Å². The first-order chi connectivity index (χ1) is 6.59. The van der Waals surface area contributed by atoms with Gasteiger partial charge in [-0.25, -0.2) is 0 Å². The van der Waals surface area contributed by atoms with Crippen molar-refractivity contribution in [3.05, 3.63) is 29.3 Å². The van der Waals surface area contributed by atoms with Crippen molar-refractivity contribution in [1.29, 1.82) is 0 Å². The molecule has 0 aliphatic heterocycles. The highest BCUT2D eigenvalue weighted by Crippen LogP contribution is 2.53. The average molecular weight is 252 g/mol. The van der Waals surface area contributed by atoms with Crippen LogP contribution in [0.5, 0.6) is 5.75 Å². The van der Waals surface area contributed by atoms with Crippen LogP contribution < -0.4 is 4.74 Å². The third-order valence-electron chi connectivity index (χ3n) is 2.23. The molecule has 0 heterocycles. The van der Waals surface area contributed by atoms with Gasteiger partial charge in [0.1, 0.15) is 10.1 Å². The van der Waals surface area contributed by atoms with Crippen molar-refractivity contribution in [2.24, 2.45) is 5.92 Å². The molecule has 1 aromatic rings. The number of rotatable bonds is 3. The first kappa shape index (κ1) is 10.4. The van der Waals surface area contributed by atoms with Crippen LogP contribution in [-0.2, 0) is 0 Å². The summed E-state index contributed by atoms with van der Waals surface area (Å²) in [7, 11) is 0. The van der Waals surface area contributed by atoms with Crippen LogP contribution in [0.4, 0.5) is 0 Å². The van der Waals surface area contributed by atoms with Crippen LogP contribution in [0.15, 0.2) is 24.3 Å². The minimum Gasteiger partial charge on any atom is -0.492 e. The Morgan fingerprint density at radius 1 is 1.36 bits per heavy atom. The van der Waals surface area contributed by atoms with Gasteiger partial charge in [0.25, 0.3) is 0 Å². The molecule has 1 atom stereocenters. The molecule has 4 heteroatoms. The summed E-state index contributed by atoms with van der Waals surface area (Å²) in [6.07, 6.45) is 0.792. The van der Waals surface area contributed by atoms with E-state index in [9.17, 15) is 0 Å². The number of halogens is 3. The second kappa shape index (κ2) is 3.80. The molecular formula is C10H9Cl3O. The van der Waals surface area contributed by atoms with E-state index in [2.05, 4.69) is 0 Å². The third-order valence-corrected chi connectivity index (χ3v) is 3.47. The number of alkyl halides is 2. The highest BCUT2D eigenvalue weighted by Gasteiger charge is 2.52. The Labute approximate surface area is 97.9 Å². The largest absolute Gasteiger partial charge is 0.492 e. The molecule has 1 nitrogen and oxygen atoms in total. The molecule has 0 N–H and O–H groups in total. The minimum atomic E-state index is -0.582. The van der Waals surface area contributed by atoms with Gasteiger partial charge < -0.3 is 4.74 Å². The zero-order valence-corrected chi connectivity index (χ0v) is 9.61. The summed E-state index contributed by atoms with van der Waals surface area (Å²) in [6.45, 7) is 0.525. The van der Waals surface area contributed by atoms with Gasteiger partial charge in [0, 0.05) is 5.92 Å². The van der Waals surface area contributed by atoms with Crippen molar-refractivity contribution in [1.82, 2.24) is 0 Å². The van der Waals surface area contributed by atoms with E-state index < -0.39 is 4.33 Å². The van der Waals surface area contributed by atoms with Gasteiger partial charge in [0.05, 0.1) is 11.6 Å². The summed E-state index contributed by atoms with van der Waals surface area (Å²) in [4.78, 5) is 0. The highest BCUT2D eigenvalue weighted by atomic mass is 35.5. The predicted molar refractivity (Wildman–Crippen MR) is 59.5 cm³/mol. The Morgan fingerprint density at radius 2 is 2.00 bits per heavy atom. The Hall–Kier alpha value is -0.110. The molecule has 0 spiro atoms. The van der Waals surface area contributed by atoms with E-state index in [1.165, 1.54) is 0 Å². The lowest BCUT2D eigenvalue weighted by atomic mass is 10.3. The molecule has 0 amide bonds. The van der Waals surface area contributed by atoms with Gasteiger partial charge in [0.15, 0.2) is 0 Å². The van der Waals surface area contributed by atoms with E-state index in [1.54, 1.807) is 6.07 Å². The van der Waals surface area contributed by atoms with Crippen LogP contribution >= 0.6 is 34.8 Å². The van der Waals surface area contributed by atoms with Crippen molar-refractivity contribution in [2.75, 3.05) is 6.61 Å². The van der Waals surface area contributed by atoms with Gasteiger partial charge in [0.2, 0.25) is 0 Å². The van der Waals surface area contributed by atoms with E-state index in [1.807, 2.05) is 18.2 Å². The van der Waals surface area contributed by atoms with Crippen molar-refractivity contribution in [3.63, 3.8) is 0 Å². The summed E-state index contributed by atoms with van der Waals surface area (Å²) in [6, 6.07) is 7.36. The molecular weight excluding hydrogens is 242 g/mol. The molecule has 1 unspecified atom stereocenters. The molecule has 0 saturated heterocycles. The Kier molecular flexibility index (Phi) is 2.83. The van der Waals surface area contributed by atoms with Crippen LogP contribution in [-0.4, -0.2) is 10.9 Å². The van der Waals surface area contributed by atoms with Crippen molar-refractivity contribution in [3.8, 4) is 5.75 Å². The lowest BCUT2D eigenvalue weighted by Gasteiger charge is -2.07. The van der Waals surface area contributed by atoms with Crippen molar-refractivity contribution < 1.29 is 4.74 Å². The van der Waals surface area contributed by atoms with Crippen LogP contribution in [0.1, 0.15) is 6.42 Å². The topological polar surface area (TPSA) is 9.23 Å². The zero-order chi connectivity index (χ0) is 10.2. The average Bonchev–Trinajstić information content (AvgIpc) is 2.73. The predicted octanol–water partition coefficient (Wildman–Crippen LogP) is 3.91. The Morgan fingerprint density at radius 3 is 2.57 bits per heavy atom. The molecule has 1 aromatic carbocycles. The summed E-state index contributed by atoms with van der Waals surface area (Å²) < 4.78 is 4.91. The number of hydrogen-bond acceptors (Lipinski definition) is 1. The quantitative estimate of drug-likeness (QED) is 0.740. The molecule has 0 aromatic heterocycles. The fourth-order valence-electron chi connectivity index (χ4n) is 1.20. The molecule has 76 valence electrons. The van der Waals surface area contributed by atoms with E-state index in [4.69, 9.17) is 39.5 Å². The molecule has 1 saturated carbocycles. The third kappa shape index (κ3) is 2.28. The van der Waals surface area contributed by atoms with Crippen molar-refractivity contribution >= 4 is 34.8 Å². The maximum absolute atomic E-state index is 5.91. The van der Waals surface area contributed by atoms with E-state index in [0.29, 0.717) is 17.4 Å². The molecule has 1 aliphatic carbocycles. The maximum atomic E-state index is 5.91. The Balaban J connectivity index is 1.90. The number of para-hydroxylation sites is 1. The standard InChI is InChI=1S/C10H9Cl3O/c11-8-3-1-2-4-9(8)14-6-7-5-10(7,12)13/h1-4,7H,5-6H2. The van der Waals surface area contributed by atoms with Gasteiger partial charge in [-0.15, -0.1) is 23.2 Å². The molecule has 0 radical (unpaired) electrons. The monoisotopic (exact) mass is 250 g/mol. The second-order valence-corrected chi connectivity index (χ2v) is 5.35. The van der Waals surface area contributed by atoms with Gasteiger partial charge in [-0.2, -0.15) is 0 Å². The minimum absolute atomic E-state index is 0.224. The number of hydrogen-bond donors (Lipinski definition) is 0. The SMILES string of the molecule is Clc1ccccc1OCC1CC1(Cl)Cl. The normalized spacial score (nSPS) is 23.2. The van der Waals surface area contributed by atoms with Gasteiger partial charge in [-0.05, 0) is 18.6 Å². The fourth-order valence-corrected chi connectivity index (χ4v) is 1.89. The lowest BCUT2D eigenvalue weighted by Crippen LogP contribution is -2.04. The smallest absolute Gasteiger partial charge is 0.137 e. The molecule has 1 aliphatic rings. The summed E-state index contributed by atoms with van der Waals surface area (Å²) >= 11 is 17.6. The molecule has 2 rings (SSSR count). The van der Waals surface area contributed by atoms with E-state index in [0.717, 1.165) is 6.42 Å². The summed E-state index contributed by atoms with van der Waals surface area (Å²) in [5.74, 6) is 0.910. The molecule has 14 heavy (non-hydrogen) atoms. The van der Waals surface area contributed by atoms with Crippen LogP contribution in [0.2, 0.25) is 5.02 Å². The maximum Gasteiger partial charge on any atom is 0.137 e.